The molecule has 1 aliphatic heterocycles. The van der Waals surface area contributed by atoms with Crippen molar-refractivity contribution >= 4 is 17.8 Å². The number of hydrogen-bond donors (Lipinski definition) is 1. The molecule has 3 rings (SSSR count). The average Bonchev–Trinajstić information content (AvgIpc) is 3.09. The molecule has 0 unspecified atom stereocenters. The maximum Gasteiger partial charge on any atom is 0.409 e. The zero-order valence-corrected chi connectivity index (χ0v) is 18.3. The molecular formula is C23H29N3O5. The molecule has 2 amide bonds. The molecule has 8 nitrogen and oxygen atoms in total. The van der Waals surface area contributed by atoms with Gasteiger partial charge in [0, 0.05) is 24.7 Å². The van der Waals surface area contributed by atoms with Gasteiger partial charge in [-0.1, -0.05) is 17.7 Å². The summed E-state index contributed by atoms with van der Waals surface area (Å²) in [6, 6.07) is 7.75. The molecule has 1 aromatic carbocycles. The molecule has 0 radical (unpaired) electrons. The number of likely N-dealkylation sites (tertiary alicyclic amines) is 1. The van der Waals surface area contributed by atoms with Crippen molar-refractivity contribution in [2.24, 2.45) is 0 Å². The second-order valence-corrected chi connectivity index (χ2v) is 7.81. The molecule has 0 saturated carbocycles. The van der Waals surface area contributed by atoms with Crippen molar-refractivity contribution < 1.29 is 23.5 Å². The number of oxazole rings is 1. The Labute approximate surface area is 182 Å². The van der Waals surface area contributed by atoms with E-state index >= 15 is 0 Å². The number of ketones is 1. The average molecular weight is 428 g/mol. The number of carbonyl (C=O) groups is 3. The minimum Gasteiger partial charge on any atom is -0.450 e. The van der Waals surface area contributed by atoms with Crippen LogP contribution in [0.25, 0.3) is 11.5 Å². The second-order valence-electron chi connectivity index (χ2n) is 7.81. The van der Waals surface area contributed by atoms with E-state index in [1.165, 1.54) is 0 Å². The molecular weight excluding hydrogens is 398 g/mol. The number of nitrogens with one attached hydrogen (secondary N) is 1. The van der Waals surface area contributed by atoms with Crippen molar-refractivity contribution in [3.8, 4) is 11.5 Å². The molecule has 1 aromatic heterocycles. The molecule has 31 heavy (non-hydrogen) atoms. The van der Waals surface area contributed by atoms with Gasteiger partial charge in [0.05, 0.1) is 25.1 Å². The third-order valence-corrected chi connectivity index (χ3v) is 5.30. The lowest BCUT2D eigenvalue weighted by Gasteiger charge is -2.31. The summed E-state index contributed by atoms with van der Waals surface area (Å²) in [5.74, 6) is 0.529. The van der Waals surface area contributed by atoms with Crippen LogP contribution in [0, 0.1) is 13.8 Å². The largest absolute Gasteiger partial charge is 0.450 e. The molecule has 1 fully saturated rings. The zero-order valence-electron chi connectivity index (χ0n) is 18.3. The minimum atomic E-state index is -0.324. The van der Waals surface area contributed by atoms with Gasteiger partial charge in [0.15, 0.2) is 0 Å². The third-order valence-electron chi connectivity index (χ3n) is 5.30. The Morgan fingerprint density at radius 1 is 1.16 bits per heavy atom. The van der Waals surface area contributed by atoms with Gasteiger partial charge in [-0.25, -0.2) is 9.78 Å². The molecule has 166 valence electrons. The lowest BCUT2D eigenvalue weighted by atomic mass is 10.0. The van der Waals surface area contributed by atoms with Gasteiger partial charge in [0.25, 0.3) is 0 Å². The first-order valence-corrected chi connectivity index (χ1v) is 10.6. The van der Waals surface area contributed by atoms with E-state index in [4.69, 9.17) is 9.15 Å². The smallest absolute Gasteiger partial charge is 0.409 e. The Kier molecular flexibility index (Phi) is 7.44. The maximum absolute atomic E-state index is 12.4. The molecule has 2 heterocycles. The Morgan fingerprint density at radius 3 is 2.48 bits per heavy atom. The van der Waals surface area contributed by atoms with Crippen LogP contribution in [0.5, 0.6) is 0 Å². The van der Waals surface area contributed by atoms with Crippen LogP contribution in [0.15, 0.2) is 28.7 Å². The number of hydrogen-bond acceptors (Lipinski definition) is 6. The number of Topliss-reactive ketones (excluding diaryl/α,β-unsaturated/α-hetero) is 1. The molecule has 0 bridgehead atoms. The van der Waals surface area contributed by atoms with Crippen molar-refractivity contribution in [1.29, 1.82) is 0 Å². The van der Waals surface area contributed by atoms with Gasteiger partial charge in [0.2, 0.25) is 11.8 Å². The van der Waals surface area contributed by atoms with Crippen LogP contribution < -0.4 is 5.32 Å². The van der Waals surface area contributed by atoms with E-state index in [0.717, 1.165) is 11.1 Å². The van der Waals surface area contributed by atoms with Crippen molar-refractivity contribution in [2.45, 2.75) is 52.5 Å². The summed E-state index contributed by atoms with van der Waals surface area (Å²) in [7, 11) is 0. The van der Waals surface area contributed by atoms with E-state index in [2.05, 4.69) is 10.3 Å². The van der Waals surface area contributed by atoms with E-state index in [1.807, 2.05) is 31.2 Å². The van der Waals surface area contributed by atoms with Crippen LogP contribution in [0.2, 0.25) is 0 Å². The SMILES string of the molecule is CCOC(=O)N1CCC(NC(=O)CC(=O)Cc2nc(-c3ccc(C)cc3)oc2C)CC1. The number of aryl methyl sites for hydroxylation is 2. The van der Waals surface area contributed by atoms with E-state index in [-0.39, 0.29) is 36.7 Å². The predicted molar refractivity (Wildman–Crippen MR) is 115 cm³/mol. The van der Waals surface area contributed by atoms with E-state index in [9.17, 15) is 14.4 Å². The summed E-state index contributed by atoms with van der Waals surface area (Å²) in [6.45, 7) is 6.93. The van der Waals surface area contributed by atoms with Crippen LogP contribution in [-0.2, 0) is 20.7 Å². The van der Waals surface area contributed by atoms with E-state index < -0.39 is 0 Å². The summed E-state index contributed by atoms with van der Waals surface area (Å²) >= 11 is 0. The first kappa shape index (κ1) is 22.5. The second kappa shape index (κ2) is 10.2. The number of rotatable bonds is 7. The molecule has 0 atom stereocenters. The van der Waals surface area contributed by atoms with Gasteiger partial charge >= 0.3 is 6.09 Å². The van der Waals surface area contributed by atoms with Crippen molar-refractivity contribution in [3.05, 3.63) is 41.3 Å². The fourth-order valence-electron chi connectivity index (χ4n) is 3.54. The van der Waals surface area contributed by atoms with Gasteiger partial charge < -0.3 is 19.4 Å². The standard InChI is InChI=1S/C23H29N3O5/c1-4-30-23(29)26-11-9-18(10-12-26)24-21(28)14-19(27)13-20-16(3)31-22(25-20)17-7-5-15(2)6-8-17/h5-8,18H,4,9-14H2,1-3H3,(H,24,28). The van der Waals surface area contributed by atoms with Gasteiger partial charge in [0.1, 0.15) is 11.5 Å². The lowest BCUT2D eigenvalue weighted by Crippen LogP contribution is -2.47. The number of benzene rings is 1. The van der Waals surface area contributed by atoms with Gasteiger partial charge in [-0.15, -0.1) is 0 Å². The third kappa shape index (κ3) is 6.16. The van der Waals surface area contributed by atoms with E-state index in [0.29, 0.717) is 49.9 Å². The van der Waals surface area contributed by atoms with Gasteiger partial charge in [-0.05, 0) is 45.7 Å². The Balaban J connectivity index is 1.47. The maximum atomic E-state index is 12.4. The van der Waals surface area contributed by atoms with Gasteiger partial charge in [-0.3, -0.25) is 9.59 Å². The number of piperidine rings is 1. The molecule has 8 heteroatoms. The van der Waals surface area contributed by atoms with Crippen LogP contribution in [0.1, 0.15) is 43.2 Å². The molecule has 0 aliphatic carbocycles. The Hall–Kier alpha value is -3.16. The number of nitrogens with zero attached hydrogens (tertiary/aromatic N) is 2. The Morgan fingerprint density at radius 2 is 1.84 bits per heavy atom. The number of amides is 2. The molecule has 1 saturated heterocycles. The molecule has 0 spiro atoms. The lowest BCUT2D eigenvalue weighted by molar-refractivity contribution is -0.128. The minimum absolute atomic E-state index is 0.0482. The summed E-state index contributed by atoms with van der Waals surface area (Å²) in [5.41, 5.74) is 2.54. The summed E-state index contributed by atoms with van der Waals surface area (Å²) in [5, 5.41) is 2.90. The fraction of sp³-hybridized carbons (Fsp3) is 0.478. The molecule has 1 N–H and O–H groups in total. The first-order valence-electron chi connectivity index (χ1n) is 10.6. The monoisotopic (exact) mass is 427 g/mol. The summed E-state index contributed by atoms with van der Waals surface area (Å²) < 4.78 is 10.7. The first-order chi connectivity index (χ1) is 14.9. The summed E-state index contributed by atoms with van der Waals surface area (Å²) in [4.78, 5) is 42.5. The number of aromatic nitrogens is 1. The summed E-state index contributed by atoms with van der Waals surface area (Å²) in [6.07, 6.45) is 0.804. The normalized spacial score (nSPS) is 14.4. The molecule has 2 aromatic rings. The van der Waals surface area contributed by atoms with Crippen molar-refractivity contribution in [1.82, 2.24) is 15.2 Å². The highest BCUT2D eigenvalue weighted by Gasteiger charge is 2.25. The highest BCUT2D eigenvalue weighted by molar-refractivity contribution is 5.98. The number of ether oxygens (including phenoxy) is 1. The quantitative estimate of drug-likeness (QED) is 0.681. The predicted octanol–water partition coefficient (Wildman–Crippen LogP) is 3.20. The van der Waals surface area contributed by atoms with Crippen LogP contribution in [0.4, 0.5) is 4.79 Å². The zero-order chi connectivity index (χ0) is 22.4. The van der Waals surface area contributed by atoms with E-state index in [1.54, 1.807) is 18.7 Å². The number of carbonyl (C=O) groups excluding carboxylic acids is 3. The topological polar surface area (TPSA) is 102 Å². The highest BCUT2D eigenvalue weighted by Crippen LogP contribution is 2.22. The van der Waals surface area contributed by atoms with Crippen molar-refractivity contribution in [3.63, 3.8) is 0 Å². The fourth-order valence-corrected chi connectivity index (χ4v) is 3.54. The Bertz CT molecular complexity index is 927. The highest BCUT2D eigenvalue weighted by atomic mass is 16.6. The van der Waals surface area contributed by atoms with Crippen molar-refractivity contribution in [2.75, 3.05) is 19.7 Å². The van der Waals surface area contributed by atoms with Crippen LogP contribution in [0.3, 0.4) is 0 Å². The van der Waals surface area contributed by atoms with Crippen LogP contribution >= 0.6 is 0 Å². The van der Waals surface area contributed by atoms with Gasteiger partial charge in [-0.2, -0.15) is 0 Å². The molecule has 1 aliphatic rings. The van der Waals surface area contributed by atoms with Crippen LogP contribution in [-0.4, -0.2) is 53.4 Å².